The van der Waals surface area contributed by atoms with Crippen molar-refractivity contribution in [3.8, 4) is 5.75 Å². The first kappa shape index (κ1) is 20.2. The highest BCUT2D eigenvalue weighted by Crippen LogP contribution is 2.27. The predicted octanol–water partition coefficient (Wildman–Crippen LogP) is 3.43. The lowest BCUT2D eigenvalue weighted by Gasteiger charge is -2.10. The number of hydrogen-bond donors (Lipinski definition) is 1. The second kappa shape index (κ2) is 9.00. The van der Waals surface area contributed by atoms with Gasteiger partial charge in [0, 0.05) is 6.07 Å². The number of hydrogen-bond acceptors (Lipinski definition) is 6. The zero-order valence-corrected chi connectivity index (χ0v) is 15.4. The van der Waals surface area contributed by atoms with E-state index in [1.165, 1.54) is 12.1 Å². The van der Waals surface area contributed by atoms with Crippen molar-refractivity contribution < 1.29 is 24.0 Å². The summed E-state index contributed by atoms with van der Waals surface area (Å²) < 4.78 is 10.1. The molecule has 8 nitrogen and oxygen atoms in total. The van der Waals surface area contributed by atoms with E-state index in [4.69, 9.17) is 21.1 Å². The highest BCUT2D eigenvalue weighted by Gasteiger charge is 2.18. The minimum atomic E-state index is -0.776. The summed E-state index contributed by atoms with van der Waals surface area (Å²) in [5.74, 6) is -1.15. The molecule has 0 aliphatic heterocycles. The topological polar surface area (TPSA) is 108 Å². The quantitative estimate of drug-likeness (QED) is 0.439. The molecule has 1 amide bonds. The largest absolute Gasteiger partial charge is 0.480 e. The van der Waals surface area contributed by atoms with Crippen molar-refractivity contribution in [1.82, 2.24) is 0 Å². The van der Waals surface area contributed by atoms with Crippen LogP contribution in [0, 0.1) is 24.0 Å². The second-order valence-electron chi connectivity index (χ2n) is 5.66. The minimum absolute atomic E-state index is 0.0614. The Balaban J connectivity index is 1.88. The van der Waals surface area contributed by atoms with E-state index in [-0.39, 0.29) is 11.4 Å². The van der Waals surface area contributed by atoms with Crippen molar-refractivity contribution in [1.29, 1.82) is 0 Å². The number of benzene rings is 2. The van der Waals surface area contributed by atoms with Crippen LogP contribution in [0.5, 0.6) is 5.75 Å². The summed E-state index contributed by atoms with van der Waals surface area (Å²) in [5, 5.41) is 13.8. The van der Waals surface area contributed by atoms with Crippen LogP contribution in [0.3, 0.4) is 0 Å². The first-order valence-corrected chi connectivity index (χ1v) is 8.24. The third-order valence-corrected chi connectivity index (χ3v) is 3.82. The lowest BCUT2D eigenvalue weighted by molar-refractivity contribution is -0.384. The molecule has 2 rings (SSSR count). The van der Waals surface area contributed by atoms with Crippen molar-refractivity contribution in [2.45, 2.75) is 13.8 Å². The van der Waals surface area contributed by atoms with Crippen molar-refractivity contribution in [2.24, 2.45) is 0 Å². The Bertz CT molecular complexity index is 884. The van der Waals surface area contributed by atoms with Crippen LogP contribution in [0.1, 0.15) is 11.1 Å². The predicted molar refractivity (Wildman–Crippen MR) is 99.1 cm³/mol. The van der Waals surface area contributed by atoms with Crippen LogP contribution in [0.4, 0.5) is 11.4 Å². The standard InChI is InChI=1S/C18H17ClN2O6/c1-11-6-7-13(19)15(8-11)26-10-17(23)27-9-16(22)20-18-12(2)4-3-5-14(18)21(24)25/h3-8H,9-10H2,1-2H3,(H,20,22). The number of aryl methyl sites for hydroxylation is 2. The van der Waals surface area contributed by atoms with Crippen LogP contribution in [-0.4, -0.2) is 30.0 Å². The molecule has 0 aromatic heterocycles. The number of rotatable bonds is 7. The Morgan fingerprint density at radius 3 is 2.63 bits per heavy atom. The van der Waals surface area contributed by atoms with Crippen LogP contribution in [0.2, 0.25) is 5.02 Å². The molecule has 2 aromatic rings. The van der Waals surface area contributed by atoms with Gasteiger partial charge in [-0.1, -0.05) is 29.8 Å². The van der Waals surface area contributed by atoms with E-state index in [0.717, 1.165) is 5.56 Å². The monoisotopic (exact) mass is 392 g/mol. The van der Waals surface area contributed by atoms with E-state index in [1.54, 1.807) is 31.2 Å². The van der Waals surface area contributed by atoms with Gasteiger partial charge in [0.1, 0.15) is 11.4 Å². The number of nitrogens with one attached hydrogen (secondary N) is 1. The molecule has 0 unspecified atom stereocenters. The van der Waals surface area contributed by atoms with Crippen LogP contribution < -0.4 is 10.1 Å². The number of nitro benzene ring substituents is 1. The van der Waals surface area contributed by atoms with Crippen LogP contribution in [-0.2, 0) is 14.3 Å². The number of nitro groups is 1. The highest BCUT2D eigenvalue weighted by atomic mass is 35.5. The summed E-state index contributed by atoms with van der Waals surface area (Å²) in [6, 6.07) is 9.50. The van der Waals surface area contributed by atoms with Crippen molar-refractivity contribution >= 4 is 34.9 Å². The van der Waals surface area contributed by atoms with Crippen molar-refractivity contribution in [2.75, 3.05) is 18.5 Å². The fourth-order valence-corrected chi connectivity index (χ4v) is 2.36. The van der Waals surface area contributed by atoms with E-state index in [2.05, 4.69) is 5.32 Å². The zero-order valence-electron chi connectivity index (χ0n) is 14.7. The number of amides is 1. The first-order valence-electron chi connectivity index (χ1n) is 7.86. The number of anilines is 1. The number of ether oxygens (including phenoxy) is 2. The average Bonchev–Trinajstić information content (AvgIpc) is 2.62. The molecule has 2 aromatic carbocycles. The van der Waals surface area contributed by atoms with Crippen molar-refractivity contribution in [3.63, 3.8) is 0 Å². The van der Waals surface area contributed by atoms with Gasteiger partial charge >= 0.3 is 5.97 Å². The minimum Gasteiger partial charge on any atom is -0.480 e. The second-order valence-corrected chi connectivity index (χ2v) is 6.06. The molecular weight excluding hydrogens is 376 g/mol. The van der Waals surface area contributed by atoms with Gasteiger partial charge in [-0.15, -0.1) is 0 Å². The maximum absolute atomic E-state index is 11.9. The maximum atomic E-state index is 11.9. The Kier molecular flexibility index (Phi) is 6.73. The molecule has 0 aliphatic carbocycles. The van der Waals surface area contributed by atoms with Gasteiger partial charge in [0.05, 0.1) is 9.95 Å². The summed E-state index contributed by atoms with van der Waals surface area (Å²) in [5.41, 5.74) is 1.24. The van der Waals surface area contributed by atoms with Gasteiger partial charge in [-0.3, -0.25) is 14.9 Å². The molecule has 0 aliphatic rings. The number of esters is 1. The number of carbonyl (C=O) groups excluding carboxylic acids is 2. The molecule has 0 atom stereocenters. The number of nitrogens with zero attached hydrogens (tertiary/aromatic N) is 1. The van der Waals surface area contributed by atoms with Gasteiger partial charge in [-0.05, 0) is 37.1 Å². The van der Waals surface area contributed by atoms with E-state index in [9.17, 15) is 19.7 Å². The molecular formula is C18H17ClN2O6. The van der Waals surface area contributed by atoms with Crippen LogP contribution in [0.25, 0.3) is 0 Å². The first-order chi connectivity index (χ1) is 12.8. The maximum Gasteiger partial charge on any atom is 0.344 e. The average molecular weight is 393 g/mol. The van der Waals surface area contributed by atoms with E-state index in [1.807, 2.05) is 6.92 Å². The number of carbonyl (C=O) groups is 2. The molecule has 0 fully saturated rings. The SMILES string of the molecule is Cc1ccc(Cl)c(OCC(=O)OCC(=O)Nc2c(C)cccc2[N+](=O)[O-])c1. The molecule has 0 spiro atoms. The highest BCUT2D eigenvalue weighted by molar-refractivity contribution is 6.32. The molecule has 0 heterocycles. The number of halogens is 1. The van der Waals surface area contributed by atoms with Gasteiger partial charge < -0.3 is 14.8 Å². The van der Waals surface area contributed by atoms with Gasteiger partial charge in [0.15, 0.2) is 13.2 Å². The summed E-state index contributed by atoms with van der Waals surface area (Å²) in [6.07, 6.45) is 0. The van der Waals surface area contributed by atoms with E-state index < -0.39 is 30.0 Å². The Morgan fingerprint density at radius 1 is 1.19 bits per heavy atom. The van der Waals surface area contributed by atoms with Gasteiger partial charge in [-0.2, -0.15) is 0 Å². The smallest absolute Gasteiger partial charge is 0.344 e. The molecule has 0 radical (unpaired) electrons. The van der Waals surface area contributed by atoms with Gasteiger partial charge in [0.2, 0.25) is 0 Å². The molecule has 0 bridgehead atoms. The molecule has 142 valence electrons. The van der Waals surface area contributed by atoms with Crippen LogP contribution >= 0.6 is 11.6 Å². The summed E-state index contributed by atoms with van der Waals surface area (Å²) in [6.45, 7) is 2.43. The summed E-state index contributed by atoms with van der Waals surface area (Å²) in [4.78, 5) is 34.1. The van der Waals surface area contributed by atoms with Gasteiger partial charge in [-0.25, -0.2) is 4.79 Å². The molecule has 9 heteroatoms. The fraction of sp³-hybridized carbons (Fsp3) is 0.222. The molecule has 0 saturated carbocycles. The molecule has 1 N–H and O–H groups in total. The lowest BCUT2D eigenvalue weighted by Crippen LogP contribution is -2.24. The normalized spacial score (nSPS) is 10.2. The van der Waals surface area contributed by atoms with Crippen molar-refractivity contribution in [3.05, 3.63) is 62.7 Å². The lowest BCUT2D eigenvalue weighted by atomic mass is 10.1. The summed E-state index contributed by atoms with van der Waals surface area (Å²) in [7, 11) is 0. The van der Waals surface area contributed by atoms with Gasteiger partial charge in [0.25, 0.3) is 11.6 Å². The fourth-order valence-electron chi connectivity index (χ4n) is 2.19. The third-order valence-electron chi connectivity index (χ3n) is 3.51. The molecule has 27 heavy (non-hydrogen) atoms. The summed E-state index contributed by atoms with van der Waals surface area (Å²) >= 11 is 5.96. The van der Waals surface area contributed by atoms with Crippen LogP contribution in [0.15, 0.2) is 36.4 Å². The van der Waals surface area contributed by atoms with E-state index in [0.29, 0.717) is 16.3 Å². The Labute approximate surface area is 160 Å². The Hall–Kier alpha value is -3.13. The third kappa shape index (κ3) is 5.68. The van der Waals surface area contributed by atoms with E-state index >= 15 is 0 Å². The molecule has 0 saturated heterocycles. The zero-order chi connectivity index (χ0) is 20.0. The Morgan fingerprint density at radius 2 is 1.93 bits per heavy atom. The number of para-hydroxylation sites is 1.